The highest BCUT2D eigenvalue weighted by atomic mass is 79.9. The molecule has 0 atom stereocenters. The number of benzene rings is 2. The summed E-state index contributed by atoms with van der Waals surface area (Å²) < 4.78 is 9.43. The molecule has 3 rings (SSSR count). The number of rotatable bonds is 6. The third-order valence-electron chi connectivity index (χ3n) is 3.90. The molecule has 0 bridgehead atoms. The van der Waals surface area contributed by atoms with Crippen LogP contribution in [0.2, 0.25) is 0 Å². The first-order valence-electron chi connectivity index (χ1n) is 8.09. The molecule has 1 aromatic heterocycles. The number of thiazole rings is 1. The highest BCUT2D eigenvalue weighted by Gasteiger charge is 2.09. The Morgan fingerprint density at radius 1 is 1.27 bits per heavy atom. The van der Waals surface area contributed by atoms with Crippen molar-refractivity contribution in [3.05, 3.63) is 57.3 Å². The summed E-state index contributed by atoms with van der Waals surface area (Å²) in [7, 11) is 1.63. The first-order valence-corrected chi connectivity index (χ1v) is 11.1. The second kappa shape index (κ2) is 8.88. The second-order valence-corrected chi connectivity index (χ2v) is 8.58. The number of halogens is 1. The Labute approximate surface area is 169 Å². The number of amides is 1. The third kappa shape index (κ3) is 4.58. The Balaban J connectivity index is 1.92. The average Bonchev–Trinajstić information content (AvgIpc) is 2.96. The zero-order valence-electron chi connectivity index (χ0n) is 14.6. The normalized spacial score (nSPS) is 11.9. The van der Waals surface area contributed by atoms with Gasteiger partial charge in [-0.1, -0.05) is 39.4 Å². The molecule has 0 aliphatic rings. The molecular weight excluding hydrogens is 432 g/mol. The lowest BCUT2D eigenvalue weighted by molar-refractivity contribution is -0.117. The van der Waals surface area contributed by atoms with Crippen LogP contribution in [0.15, 0.2) is 51.9 Å². The van der Waals surface area contributed by atoms with E-state index in [1.165, 1.54) is 0 Å². The van der Waals surface area contributed by atoms with E-state index in [4.69, 9.17) is 4.74 Å². The summed E-state index contributed by atoms with van der Waals surface area (Å²) in [6.07, 6.45) is 2.36. The van der Waals surface area contributed by atoms with Gasteiger partial charge in [-0.15, -0.1) is 0 Å². The predicted molar refractivity (Wildman–Crippen MR) is 113 cm³/mol. The average molecular weight is 451 g/mol. The Morgan fingerprint density at radius 2 is 2.04 bits per heavy atom. The maximum atomic E-state index is 12.5. The zero-order chi connectivity index (χ0) is 18.5. The van der Waals surface area contributed by atoms with Gasteiger partial charge in [-0.25, -0.2) is 0 Å². The molecule has 0 saturated carbocycles. The number of aromatic nitrogens is 1. The predicted octanol–water partition coefficient (Wildman–Crippen LogP) is 4.51. The monoisotopic (exact) mass is 450 g/mol. The van der Waals surface area contributed by atoms with Crippen LogP contribution in [-0.4, -0.2) is 29.6 Å². The molecular formula is C19H19BrN2O2S2. The minimum Gasteiger partial charge on any atom is -0.497 e. The van der Waals surface area contributed by atoms with Gasteiger partial charge in [0.05, 0.1) is 23.7 Å². The van der Waals surface area contributed by atoms with Crippen LogP contribution in [0.1, 0.15) is 5.56 Å². The lowest BCUT2D eigenvalue weighted by Gasteiger charge is -2.04. The maximum absolute atomic E-state index is 12.5. The van der Waals surface area contributed by atoms with E-state index >= 15 is 0 Å². The smallest absolute Gasteiger partial charge is 0.252 e. The van der Waals surface area contributed by atoms with Crippen LogP contribution in [0.4, 0.5) is 0 Å². The number of fused-ring (bicyclic) bond motifs is 1. The van der Waals surface area contributed by atoms with Crippen molar-refractivity contribution < 1.29 is 9.53 Å². The van der Waals surface area contributed by atoms with Crippen molar-refractivity contribution in [3.63, 3.8) is 0 Å². The first-order chi connectivity index (χ1) is 12.6. The molecule has 1 heterocycles. The molecule has 1 amide bonds. The van der Waals surface area contributed by atoms with Crippen molar-refractivity contribution in [3.8, 4) is 5.75 Å². The summed E-state index contributed by atoms with van der Waals surface area (Å²) >= 11 is 6.84. The van der Waals surface area contributed by atoms with E-state index in [0.29, 0.717) is 0 Å². The number of hydrogen-bond acceptors (Lipinski definition) is 4. The highest BCUT2D eigenvalue weighted by Crippen LogP contribution is 2.22. The Hall–Kier alpha value is -1.57. The van der Waals surface area contributed by atoms with Crippen LogP contribution >= 0.6 is 39.0 Å². The molecule has 4 nitrogen and oxygen atoms in total. The molecule has 26 heavy (non-hydrogen) atoms. The van der Waals surface area contributed by atoms with Crippen LogP contribution in [0.25, 0.3) is 10.2 Å². The molecule has 0 N–H and O–H groups in total. The highest BCUT2D eigenvalue weighted by molar-refractivity contribution is 9.10. The Kier molecular flexibility index (Phi) is 6.56. The molecule has 7 heteroatoms. The molecule has 3 aromatic rings. The lowest BCUT2D eigenvalue weighted by Crippen LogP contribution is -2.18. The molecule has 0 aliphatic carbocycles. The summed E-state index contributed by atoms with van der Waals surface area (Å²) in [4.78, 5) is 17.6. The summed E-state index contributed by atoms with van der Waals surface area (Å²) in [6, 6.07) is 13.7. The van der Waals surface area contributed by atoms with Gasteiger partial charge in [0.25, 0.3) is 5.91 Å². The summed E-state index contributed by atoms with van der Waals surface area (Å²) in [5.74, 6) is 1.61. The molecule has 136 valence electrons. The fourth-order valence-electron chi connectivity index (χ4n) is 2.60. The van der Waals surface area contributed by atoms with Crippen molar-refractivity contribution in [1.29, 1.82) is 0 Å². The van der Waals surface area contributed by atoms with Crippen molar-refractivity contribution >= 4 is 55.2 Å². The maximum Gasteiger partial charge on any atom is 0.252 e. The molecule has 0 aliphatic heterocycles. The lowest BCUT2D eigenvalue weighted by atomic mass is 10.1. The van der Waals surface area contributed by atoms with Gasteiger partial charge in [0, 0.05) is 16.8 Å². The summed E-state index contributed by atoms with van der Waals surface area (Å²) in [6.45, 7) is 0.831. The van der Waals surface area contributed by atoms with Gasteiger partial charge in [-0.3, -0.25) is 4.79 Å². The van der Waals surface area contributed by atoms with E-state index < -0.39 is 0 Å². The minimum atomic E-state index is -0.140. The van der Waals surface area contributed by atoms with E-state index in [-0.39, 0.29) is 12.3 Å². The number of carbonyl (C=O) groups excluding carboxylic acids is 1. The van der Waals surface area contributed by atoms with Crippen LogP contribution in [0.5, 0.6) is 5.75 Å². The van der Waals surface area contributed by atoms with Gasteiger partial charge in [-0.2, -0.15) is 16.8 Å². The molecule has 0 saturated heterocycles. The number of thioether (sulfide) groups is 1. The summed E-state index contributed by atoms with van der Waals surface area (Å²) in [5.41, 5.74) is 2.04. The van der Waals surface area contributed by atoms with Crippen LogP contribution < -0.4 is 9.54 Å². The van der Waals surface area contributed by atoms with E-state index in [1.54, 1.807) is 30.2 Å². The number of aryl methyl sites for hydroxylation is 1. The van der Waals surface area contributed by atoms with Gasteiger partial charge >= 0.3 is 0 Å². The SMILES string of the molecule is COc1ccc(CC(=O)N=c2sc3cc(Br)ccc3n2CCSC)cc1. The van der Waals surface area contributed by atoms with Crippen molar-refractivity contribution in [2.75, 3.05) is 19.1 Å². The fraction of sp³-hybridized carbons (Fsp3) is 0.263. The van der Waals surface area contributed by atoms with E-state index in [0.717, 1.165) is 43.1 Å². The number of ether oxygens (including phenoxy) is 1. The standard InChI is InChI=1S/C19H19BrN2O2S2/c1-24-15-6-3-13(4-7-15)11-18(23)21-19-22(9-10-25-2)16-8-5-14(20)12-17(16)26-19/h3-8,12H,9-11H2,1-2H3. The van der Waals surface area contributed by atoms with Crippen molar-refractivity contribution in [1.82, 2.24) is 4.57 Å². The zero-order valence-corrected chi connectivity index (χ0v) is 17.8. The van der Waals surface area contributed by atoms with Gasteiger partial charge < -0.3 is 9.30 Å². The number of carbonyl (C=O) groups is 1. The van der Waals surface area contributed by atoms with Crippen molar-refractivity contribution in [2.45, 2.75) is 13.0 Å². The van der Waals surface area contributed by atoms with E-state index in [2.05, 4.69) is 43.9 Å². The van der Waals surface area contributed by atoms with Gasteiger partial charge in [0.2, 0.25) is 0 Å². The number of methoxy groups -OCH3 is 1. The van der Waals surface area contributed by atoms with Gasteiger partial charge in [-0.05, 0) is 42.2 Å². The minimum absolute atomic E-state index is 0.140. The molecule has 0 unspecified atom stereocenters. The van der Waals surface area contributed by atoms with Crippen LogP contribution in [0.3, 0.4) is 0 Å². The Morgan fingerprint density at radius 3 is 2.73 bits per heavy atom. The molecule has 0 radical (unpaired) electrons. The summed E-state index contributed by atoms with van der Waals surface area (Å²) in [5, 5.41) is 0. The van der Waals surface area contributed by atoms with E-state index in [1.807, 2.05) is 30.3 Å². The molecule has 2 aromatic carbocycles. The largest absolute Gasteiger partial charge is 0.497 e. The van der Waals surface area contributed by atoms with Gasteiger partial charge in [0.15, 0.2) is 4.80 Å². The molecule has 0 fully saturated rings. The van der Waals surface area contributed by atoms with Crippen molar-refractivity contribution in [2.24, 2.45) is 4.99 Å². The first kappa shape index (κ1) is 19.2. The van der Waals surface area contributed by atoms with Gasteiger partial charge in [0.1, 0.15) is 5.75 Å². The van der Waals surface area contributed by atoms with E-state index in [9.17, 15) is 4.79 Å². The number of nitrogens with zero attached hydrogens (tertiary/aromatic N) is 2. The fourth-order valence-corrected chi connectivity index (χ4v) is 4.59. The Bertz CT molecular complexity index is 977. The quantitative estimate of drug-likeness (QED) is 0.554. The second-order valence-electron chi connectivity index (χ2n) is 5.67. The topological polar surface area (TPSA) is 43.6 Å². The van der Waals surface area contributed by atoms with Crippen LogP contribution in [0, 0.1) is 0 Å². The third-order valence-corrected chi connectivity index (χ3v) is 6.02. The number of hydrogen-bond donors (Lipinski definition) is 0. The molecule has 0 spiro atoms. The van der Waals surface area contributed by atoms with Crippen LogP contribution in [-0.2, 0) is 17.8 Å².